The first-order valence-electron chi connectivity index (χ1n) is 7.29. The van der Waals surface area contributed by atoms with E-state index in [-0.39, 0.29) is 29.7 Å². The quantitative estimate of drug-likeness (QED) is 0.856. The normalized spacial score (nSPS) is 27.0. The maximum atomic E-state index is 12.4. The van der Waals surface area contributed by atoms with E-state index in [1.807, 2.05) is 31.2 Å². The number of likely N-dealkylation sites (tertiary alicyclic amines) is 1. The number of carbonyl (C=O) groups is 2. The Morgan fingerprint density at radius 1 is 1.15 bits per heavy atom. The molecule has 1 aliphatic heterocycles. The summed E-state index contributed by atoms with van der Waals surface area (Å²) in [6, 6.07) is 7.64. The predicted octanol–water partition coefficient (Wildman–Crippen LogP) is 1.99. The van der Waals surface area contributed by atoms with Crippen molar-refractivity contribution in [1.82, 2.24) is 4.90 Å². The van der Waals surface area contributed by atoms with Gasteiger partial charge < -0.3 is 5.73 Å². The van der Waals surface area contributed by atoms with Crippen LogP contribution in [0.1, 0.15) is 43.4 Å². The molecule has 1 aromatic rings. The van der Waals surface area contributed by atoms with Gasteiger partial charge in [0.15, 0.2) is 0 Å². The predicted molar refractivity (Wildman–Crippen MR) is 75.4 cm³/mol. The molecule has 4 heteroatoms. The van der Waals surface area contributed by atoms with Crippen LogP contribution in [-0.2, 0) is 16.1 Å². The lowest BCUT2D eigenvalue weighted by atomic mass is 10.00. The molecule has 1 saturated heterocycles. The first-order chi connectivity index (χ1) is 9.63. The van der Waals surface area contributed by atoms with Crippen LogP contribution in [0.3, 0.4) is 0 Å². The van der Waals surface area contributed by atoms with Crippen LogP contribution >= 0.6 is 0 Å². The minimum absolute atomic E-state index is 0.0212. The summed E-state index contributed by atoms with van der Waals surface area (Å²) in [6.45, 7) is 2.43. The highest BCUT2D eigenvalue weighted by molar-refractivity contribution is 6.05. The molecule has 1 saturated carbocycles. The van der Waals surface area contributed by atoms with Crippen LogP contribution < -0.4 is 5.73 Å². The second-order valence-electron chi connectivity index (χ2n) is 5.81. The topological polar surface area (TPSA) is 63.4 Å². The molecule has 0 aromatic heterocycles. The van der Waals surface area contributed by atoms with Crippen LogP contribution in [0, 0.1) is 11.8 Å². The zero-order valence-electron chi connectivity index (χ0n) is 11.7. The Morgan fingerprint density at radius 3 is 2.20 bits per heavy atom. The highest BCUT2D eigenvalue weighted by Gasteiger charge is 2.51. The van der Waals surface area contributed by atoms with Crippen molar-refractivity contribution in [3.8, 4) is 0 Å². The summed E-state index contributed by atoms with van der Waals surface area (Å²) in [5.74, 6) is -0.0812. The molecular formula is C16H20N2O2. The third kappa shape index (κ3) is 1.95. The Kier molecular flexibility index (Phi) is 3.34. The molecule has 3 rings (SSSR count). The van der Waals surface area contributed by atoms with Gasteiger partial charge in [0.2, 0.25) is 11.8 Å². The van der Waals surface area contributed by atoms with Crippen LogP contribution in [0.25, 0.3) is 0 Å². The summed E-state index contributed by atoms with van der Waals surface area (Å²) in [7, 11) is 0. The monoisotopic (exact) mass is 272 g/mol. The third-order valence-corrected chi connectivity index (χ3v) is 4.71. The first-order valence-corrected chi connectivity index (χ1v) is 7.29. The van der Waals surface area contributed by atoms with E-state index in [2.05, 4.69) is 0 Å². The van der Waals surface area contributed by atoms with Gasteiger partial charge in [-0.15, -0.1) is 0 Å². The van der Waals surface area contributed by atoms with E-state index in [1.54, 1.807) is 0 Å². The summed E-state index contributed by atoms with van der Waals surface area (Å²) >= 11 is 0. The molecule has 2 N–H and O–H groups in total. The van der Waals surface area contributed by atoms with Gasteiger partial charge in [0.1, 0.15) is 0 Å². The number of amides is 2. The van der Waals surface area contributed by atoms with Gasteiger partial charge in [-0.25, -0.2) is 0 Å². The largest absolute Gasteiger partial charge is 0.326 e. The summed E-state index contributed by atoms with van der Waals surface area (Å²) in [5, 5.41) is 0. The van der Waals surface area contributed by atoms with Gasteiger partial charge in [0.25, 0.3) is 0 Å². The number of imide groups is 1. The van der Waals surface area contributed by atoms with E-state index < -0.39 is 0 Å². The maximum absolute atomic E-state index is 12.4. The van der Waals surface area contributed by atoms with E-state index in [4.69, 9.17) is 5.73 Å². The molecule has 2 fully saturated rings. The molecule has 1 aliphatic carbocycles. The zero-order valence-corrected chi connectivity index (χ0v) is 11.7. The van der Waals surface area contributed by atoms with Crippen molar-refractivity contribution in [1.29, 1.82) is 0 Å². The van der Waals surface area contributed by atoms with E-state index in [0.717, 1.165) is 30.4 Å². The molecule has 20 heavy (non-hydrogen) atoms. The molecule has 0 bridgehead atoms. The number of nitrogens with two attached hydrogens (primary N) is 1. The highest BCUT2D eigenvalue weighted by atomic mass is 16.2. The second kappa shape index (κ2) is 5.02. The van der Waals surface area contributed by atoms with E-state index >= 15 is 0 Å². The lowest BCUT2D eigenvalue weighted by molar-refractivity contribution is -0.142. The maximum Gasteiger partial charge on any atom is 0.233 e. The summed E-state index contributed by atoms with van der Waals surface area (Å²) in [6.07, 6.45) is 2.73. The van der Waals surface area contributed by atoms with Gasteiger partial charge >= 0.3 is 0 Å². The van der Waals surface area contributed by atoms with Crippen molar-refractivity contribution in [2.24, 2.45) is 17.6 Å². The third-order valence-electron chi connectivity index (χ3n) is 4.71. The lowest BCUT2D eigenvalue weighted by Crippen LogP contribution is -2.34. The van der Waals surface area contributed by atoms with Crippen molar-refractivity contribution >= 4 is 11.8 Å². The molecule has 4 nitrogen and oxygen atoms in total. The lowest BCUT2D eigenvalue weighted by Gasteiger charge is -2.24. The molecule has 2 amide bonds. The van der Waals surface area contributed by atoms with Gasteiger partial charge in [-0.1, -0.05) is 30.7 Å². The van der Waals surface area contributed by atoms with Gasteiger partial charge in [-0.05, 0) is 30.9 Å². The van der Waals surface area contributed by atoms with Crippen LogP contribution in [0.15, 0.2) is 24.3 Å². The van der Waals surface area contributed by atoms with Gasteiger partial charge in [-0.3, -0.25) is 14.5 Å². The van der Waals surface area contributed by atoms with Crippen molar-refractivity contribution in [3.05, 3.63) is 35.4 Å². The van der Waals surface area contributed by atoms with Gasteiger partial charge in [-0.2, -0.15) is 0 Å². The molecule has 0 spiro atoms. The van der Waals surface area contributed by atoms with Crippen molar-refractivity contribution in [2.75, 3.05) is 0 Å². The molecule has 3 atom stereocenters. The van der Waals surface area contributed by atoms with Gasteiger partial charge in [0.05, 0.1) is 17.9 Å². The smallest absolute Gasteiger partial charge is 0.233 e. The molecule has 1 aromatic carbocycles. The molecular weight excluding hydrogens is 252 g/mol. The number of rotatable bonds is 3. The average Bonchev–Trinajstić information content (AvgIpc) is 3.03. The van der Waals surface area contributed by atoms with E-state index in [1.165, 1.54) is 4.90 Å². The number of fused-ring (bicyclic) bond motifs is 1. The number of hydrogen-bond donors (Lipinski definition) is 1. The summed E-state index contributed by atoms with van der Waals surface area (Å²) in [4.78, 5) is 26.3. The molecule has 106 valence electrons. The van der Waals surface area contributed by atoms with E-state index in [9.17, 15) is 9.59 Å². The minimum Gasteiger partial charge on any atom is -0.326 e. The number of hydrogen-bond acceptors (Lipinski definition) is 3. The number of nitrogens with zero attached hydrogens (tertiary/aromatic N) is 1. The Hall–Kier alpha value is -1.68. The average molecular weight is 272 g/mol. The highest BCUT2D eigenvalue weighted by Crippen LogP contribution is 2.42. The van der Waals surface area contributed by atoms with Crippen molar-refractivity contribution in [2.45, 2.75) is 38.8 Å². The summed E-state index contributed by atoms with van der Waals surface area (Å²) < 4.78 is 0. The number of carbonyl (C=O) groups excluding carboxylic acids is 2. The SMILES string of the molecule is CC(c1ccc(CN)cc1)N1C(=O)C2CCCC2C1=O. The fourth-order valence-corrected chi connectivity index (χ4v) is 3.48. The minimum atomic E-state index is -0.188. The van der Waals surface area contributed by atoms with Crippen molar-refractivity contribution < 1.29 is 9.59 Å². The molecule has 0 radical (unpaired) electrons. The Labute approximate surface area is 118 Å². The summed E-state index contributed by atoms with van der Waals surface area (Å²) in [5.41, 5.74) is 7.63. The fourth-order valence-electron chi connectivity index (χ4n) is 3.48. The zero-order chi connectivity index (χ0) is 14.3. The molecule has 1 heterocycles. The van der Waals surface area contributed by atoms with Gasteiger partial charge in [0, 0.05) is 6.54 Å². The number of benzene rings is 1. The van der Waals surface area contributed by atoms with Crippen LogP contribution in [0.5, 0.6) is 0 Å². The molecule has 3 unspecified atom stereocenters. The second-order valence-corrected chi connectivity index (χ2v) is 5.81. The Morgan fingerprint density at radius 2 is 1.70 bits per heavy atom. The van der Waals surface area contributed by atoms with E-state index in [0.29, 0.717) is 6.54 Å². The van der Waals surface area contributed by atoms with Crippen LogP contribution in [0.2, 0.25) is 0 Å². The van der Waals surface area contributed by atoms with Crippen LogP contribution in [-0.4, -0.2) is 16.7 Å². The first kappa shape index (κ1) is 13.3. The van der Waals surface area contributed by atoms with Crippen molar-refractivity contribution in [3.63, 3.8) is 0 Å². The molecule has 2 aliphatic rings. The van der Waals surface area contributed by atoms with Crippen LogP contribution in [0.4, 0.5) is 0 Å². The fraction of sp³-hybridized carbons (Fsp3) is 0.500. The Bertz CT molecular complexity index is 516. The Balaban J connectivity index is 1.84. The standard InChI is InChI=1S/C16H20N2O2/c1-10(12-7-5-11(9-17)6-8-12)18-15(19)13-3-2-4-14(13)16(18)20/h5-8,10,13-14H,2-4,9,17H2,1H3.